The summed E-state index contributed by atoms with van der Waals surface area (Å²) in [5, 5.41) is 9.93. The summed E-state index contributed by atoms with van der Waals surface area (Å²) in [5.41, 5.74) is -2.50. The predicted molar refractivity (Wildman–Crippen MR) is 101 cm³/mol. The average Bonchev–Trinajstić information content (AvgIpc) is 2.62. The molecule has 1 N–H and O–H groups in total. The molecule has 0 aliphatic heterocycles. The molecule has 11 heteroatoms. The van der Waals surface area contributed by atoms with Gasteiger partial charge in [0.1, 0.15) is 5.82 Å². The highest BCUT2D eigenvalue weighted by Gasteiger charge is 2.33. The van der Waals surface area contributed by atoms with Gasteiger partial charge < -0.3 is 0 Å². The Bertz CT molecular complexity index is 936. The molecule has 0 bridgehead atoms. The minimum Gasteiger partial charge on any atom is -0.286 e. The smallest absolute Gasteiger partial charge is 0.286 e. The predicted octanol–water partition coefficient (Wildman–Crippen LogP) is 6.20. The van der Waals surface area contributed by atoms with E-state index in [1.54, 1.807) is 0 Å². The highest BCUT2D eigenvalue weighted by molar-refractivity contribution is 6.33. The molecule has 0 fully saturated rings. The molecule has 0 aliphatic rings. The van der Waals surface area contributed by atoms with Gasteiger partial charge in [-0.15, -0.1) is 11.6 Å². The van der Waals surface area contributed by atoms with Crippen molar-refractivity contribution in [1.29, 1.82) is 0 Å². The number of amides is 1. The number of pyridine rings is 1. The summed E-state index contributed by atoms with van der Waals surface area (Å²) in [7, 11) is 0. The normalized spacial score (nSPS) is 12.2. The quantitative estimate of drug-likeness (QED) is 0.244. The number of hydrogen-bond acceptors (Lipinski definition) is 3. The third-order valence-corrected chi connectivity index (χ3v) is 5.34. The molecule has 29 heavy (non-hydrogen) atoms. The molecule has 2 rings (SSSR count). The van der Waals surface area contributed by atoms with Crippen molar-refractivity contribution in [2.45, 2.75) is 26.6 Å². The van der Waals surface area contributed by atoms with Gasteiger partial charge in [-0.1, -0.05) is 23.2 Å². The fraction of sp³-hybridized carbons (Fsp3) is 0.333. The number of hydroxylamine groups is 2. The molecule has 0 unspecified atom stereocenters. The lowest BCUT2D eigenvalue weighted by Crippen LogP contribution is -2.39. The number of carbonyl (C=O) groups is 1. The second kappa shape index (κ2) is 8.63. The van der Waals surface area contributed by atoms with E-state index in [9.17, 15) is 27.6 Å². The first-order chi connectivity index (χ1) is 13.3. The fourth-order valence-corrected chi connectivity index (χ4v) is 2.92. The number of nitrogens with zero attached hydrogens (tertiary/aromatic N) is 2. The maximum absolute atomic E-state index is 14.4. The van der Waals surface area contributed by atoms with Gasteiger partial charge in [0.25, 0.3) is 5.91 Å². The van der Waals surface area contributed by atoms with Gasteiger partial charge in [-0.05, 0) is 37.6 Å². The average molecular weight is 474 g/mol. The van der Waals surface area contributed by atoms with Crippen molar-refractivity contribution >= 4 is 40.7 Å². The van der Waals surface area contributed by atoms with Crippen LogP contribution in [0.2, 0.25) is 10.0 Å². The van der Waals surface area contributed by atoms with E-state index in [2.05, 4.69) is 4.98 Å². The van der Waals surface area contributed by atoms with Gasteiger partial charge in [-0.2, -0.15) is 13.2 Å². The van der Waals surface area contributed by atoms with E-state index >= 15 is 0 Å². The van der Waals surface area contributed by atoms with E-state index in [1.165, 1.54) is 13.8 Å². The number of hydrogen-bond donors (Lipinski definition) is 1. The zero-order valence-corrected chi connectivity index (χ0v) is 17.4. The summed E-state index contributed by atoms with van der Waals surface area (Å²) in [6.07, 6.45) is -4.13. The van der Waals surface area contributed by atoms with Crippen LogP contribution >= 0.6 is 34.8 Å². The van der Waals surface area contributed by atoms with E-state index in [0.29, 0.717) is 17.3 Å². The van der Waals surface area contributed by atoms with Crippen LogP contribution in [-0.2, 0) is 17.5 Å². The summed E-state index contributed by atoms with van der Waals surface area (Å²) < 4.78 is 52.7. The molecule has 1 aromatic carbocycles. The van der Waals surface area contributed by atoms with Gasteiger partial charge in [-0.3, -0.25) is 15.0 Å². The first kappa shape index (κ1) is 23.7. The Labute approximate surface area is 179 Å². The van der Waals surface area contributed by atoms with E-state index < -0.39 is 40.4 Å². The van der Waals surface area contributed by atoms with Crippen LogP contribution in [0.3, 0.4) is 0 Å². The molecule has 0 saturated heterocycles. The van der Waals surface area contributed by atoms with Crippen LogP contribution in [0.25, 0.3) is 11.3 Å². The largest absolute Gasteiger partial charge is 0.417 e. The minimum absolute atomic E-state index is 0.0592. The monoisotopic (exact) mass is 472 g/mol. The molecular formula is C18H15Cl3F4N2O2. The number of carbonyl (C=O) groups excluding carboxylic acids is 1. The summed E-state index contributed by atoms with van der Waals surface area (Å²) in [4.78, 5) is 15.9. The Hall–Kier alpha value is -1.61. The molecule has 4 nitrogen and oxygen atoms in total. The SMILES string of the molecule is CC(C)(CCl)C(=O)N(O)Cc1cc(-c2ncc(C(F)(F)F)cc2Cl)c(F)cc1Cl. The molecular weight excluding hydrogens is 459 g/mol. The highest BCUT2D eigenvalue weighted by atomic mass is 35.5. The van der Waals surface area contributed by atoms with Crippen molar-refractivity contribution in [3.63, 3.8) is 0 Å². The Morgan fingerprint density at radius 1 is 1.17 bits per heavy atom. The standard InChI is InChI=1S/C18H15Cl3F4N2O2/c1-17(2,8-19)16(28)27(29)7-9-3-11(14(22)5-12(9)20)15-13(21)4-10(6-26-15)18(23,24)25/h3-6,29H,7-8H2,1-2H3. The van der Waals surface area contributed by atoms with E-state index in [-0.39, 0.29) is 27.7 Å². The maximum atomic E-state index is 14.4. The van der Waals surface area contributed by atoms with Crippen LogP contribution in [0.1, 0.15) is 25.0 Å². The van der Waals surface area contributed by atoms with Crippen molar-refractivity contribution in [3.8, 4) is 11.3 Å². The van der Waals surface area contributed by atoms with Crippen LogP contribution in [0.4, 0.5) is 17.6 Å². The van der Waals surface area contributed by atoms with Crippen molar-refractivity contribution in [1.82, 2.24) is 10.0 Å². The lowest BCUT2D eigenvalue weighted by Gasteiger charge is -2.26. The molecule has 2 aromatic rings. The van der Waals surface area contributed by atoms with Gasteiger partial charge >= 0.3 is 6.18 Å². The lowest BCUT2D eigenvalue weighted by molar-refractivity contribution is -0.177. The maximum Gasteiger partial charge on any atom is 0.417 e. The van der Waals surface area contributed by atoms with Crippen LogP contribution in [-0.4, -0.2) is 27.0 Å². The fourth-order valence-electron chi connectivity index (χ4n) is 2.33. The molecule has 0 saturated carbocycles. The van der Waals surface area contributed by atoms with Crippen LogP contribution in [0.15, 0.2) is 24.4 Å². The second-order valence-electron chi connectivity index (χ2n) is 6.86. The Balaban J connectivity index is 2.44. The van der Waals surface area contributed by atoms with Gasteiger partial charge in [0.05, 0.1) is 28.2 Å². The summed E-state index contributed by atoms with van der Waals surface area (Å²) in [6, 6.07) is 2.68. The zero-order valence-electron chi connectivity index (χ0n) is 15.1. The topological polar surface area (TPSA) is 53.4 Å². The summed E-state index contributed by atoms with van der Waals surface area (Å²) in [6.45, 7) is 2.63. The van der Waals surface area contributed by atoms with Gasteiger partial charge in [0.15, 0.2) is 0 Å². The minimum atomic E-state index is -4.66. The number of aromatic nitrogens is 1. The molecule has 158 valence electrons. The molecule has 0 spiro atoms. The first-order valence-electron chi connectivity index (χ1n) is 8.05. The Kier molecular flexibility index (Phi) is 7.05. The molecule has 1 aromatic heterocycles. The molecule has 1 amide bonds. The van der Waals surface area contributed by atoms with E-state index in [1.807, 2.05) is 0 Å². The second-order valence-corrected chi connectivity index (χ2v) is 7.94. The lowest BCUT2D eigenvalue weighted by atomic mass is 9.95. The Morgan fingerprint density at radius 3 is 2.31 bits per heavy atom. The highest BCUT2D eigenvalue weighted by Crippen LogP contribution is 2.36. The number of alkyl halides is 4. The number of benzene rings is 1. The van der Waals surface area contributed by atoms with Crippen molar-refractivity contribution < 1.29 is 27.6 Å². The van der Waals surface area contributed by atoms with E-state index in [0.717, 1.165) is 12.1 Å². The van der Waals surface area contributed by atoms with Gasteiger partial charge in [-0.25, -0.2) is 9.45 Å². The van der Waals surface area contributed by atoms with Crippen molar-refractivity contribution in [3.05, 3.63) is 51.4 Å². The van der Waals surface area contributed by atoms with Crippen molar-refractivity contribution in [2.24, 2.45) is 5.41 Å². The zero-order chi connectivity index (χ0) is 22.1. The Morgan fingerprint density at radius 2 is 1.79 bits per heavy atom. The molecule has 0 aliphatic carbocycles. The van der Waals surface area contributed by atoms with Crippen LogP contribution in [0.5, 0.6) is 0 Å². The summed E-state index contributed by atoms with van der Waals surface area (Å²) in [5.74, 6) is -1.64. The first-order valence-corrected chi connectivity index (χ1v) is 9.35. The number of rotatable bonds is 5. The molecule has 1 heterocycles. The van der Waals surface area contributed by atoms with Crippen molar-refractivity contribution in [2.75, 3.05) is 5.88 Å². The molecule has 0 atom stereocenters. The third-order valence-electron chi connectivity index (χ3n) is 4.03. The van der Waals surface area contributed by atoms with Gasteiger partial charge in [0, 0.05) is 22.7 Å². The summed E-state index contributed by atoms with van der Waals surface area (Å²) >= 11 is 17.6. The van der Waals surface area contributed by atoms with Crippen LogP contribution in [0, 0.1) is 11.2 Å². The van der Waals surface area contributed by atoms with Gasteiger partial charge in [0.2, 0.25) is 0 Å². The van der Waals surface area contributed by atoms with Crippen LogP contribution < -0.4 is 0 Å². The van der Waals surface area contributed by atoms with E-state index in [4.69, 9.17) is 34.8 Å². The third kappa shape index (κ3) is 5.31. The number of halogens is 7. The molecule has 0 radical (unpaired) electrons.